The van der Waals surface area contributed by atoms with E-state index >= 15 is 0 Å². The van der Waals surface area contributed by atoms with Crippen LogP contribution in [0.3, 0.4) is 0 Å². The van der Waals surface area contributed by atoms with Crippen LogP contribution in [0, 0.1) is 5.92 Å². The molecule has 1 N–H and O–H groups in total. The van der Waals surface area contributed by atoms with Gasteiger partial charge in [0.1, 0.15) is 5.75 Å². The van der Waals surface area contributed by atoms with Crippen molar-refractivity contribution in [3.8, 4) is 5.75 Å². The van der Waals surface area contributed by atoms with Crippen molar-refractivity contribution in [2.45, 2.75) is 26.8 Å². The normalized spacial score (nSPS) is 11.7. The minimum absolute atomic E-state index is 0.536. The van der Waals surface area contributed by atoms with Crippen molar-refractivity contribution < 1.29 is 4.74 Å². The van der Waals surface area contributed by atoms with Crippen molar-refractivity contribution in [1.29, 1.82) is 0 Å². The van der Waals surface area contributed by atoms with Crippen molar-refractivity contribution in [3.63, 3.8) is 0 Å². The lowest BCUT2D eigenvalue weighted by Gasteiger charge is -2.21. The topological polar surface area (TPSA) is 54.7 Å². The Bertz CT molecular complexity index is 690. The first-order chi connectivity index (χ1) is 12.5. The molecule has 2 rings (SSSR count). The second-order valence-electron chi connectivity index (χ2n) is 6.95. The molecule has 0 radical (unpaired) electrons. The number of aliphatic imine (C=N–C) groups is 1. The average molecular weight is 358 g/mol. The van der Waals surface area contributed by atoms with E-state index in [0.717, 1.165) is 43.4 Å². The number of nitrogens with zero attached hydrogens (tertiary/aromatic N) is 4. The van der Waals surface area contributed by atoms with Crippen LogP contribution in [0.1, 0.15) is 25.0 Å². The quantitative estimate of drug-likeness (QED) is 0.583. The van der Waals surface area contributed by atoms with Crippen LogP contribution in [0.25, 0.3) is 0 Å². The lowest BCUT2D eigenvalue weighted by molar-refractivity contribution is 0.271. The van der Waals surface area contributed by atoms with Crippen LogP contribution in [0.2, 0.25) is 0 Å². The van der Waals surface area contributed by atoms with Crippen molar-refractivity contribution >= 4 is 5.96 Å². The highest BCUT2D eigenvalue weighted by molar-refractivity contribution is 5.79. The molecule has 0 aliphatic rings. The predicted molar refractivity (Wildman–Crippen MR) is 107 cm³/mol. The van der Waals surface area contributed by atoms with E-state index in [9.17, 15) is 0 Å². The third-order valence-corrected chi connectivity index (χ3v) is 3.95. The Kier molecular flexibility index (Phi) is 7.51. The molecule has 0 amide bonds. The average Bonchev–Trinajstić information content (AvgIpc) is 3.02. The van der Waals surface area contributed by atoms with Gasteiger partial charge in [-0.25, -0.2) is 0 Å². The zero-order valence-corrected chi connectivity index (χ0v) is 16.6. The molecule has 0 unspecified atom stereocenters. The van der Waals surface area contributed by atoms with Gasteiger partial charge in [0.05, 0.1) is 12.8 Å². The molecule has 0 spiro atoms. The lowest BCUT2D eigenvalue weighted by atomic mass is 10.1. The Hall–Kier alpha value is -2.50. The van der Waals surface area contributed by atoms with Gasteiger partial charge in [-0.05, 0) is 30.0 Å². The number of ether oxygens (including phenoxy) is 1. The third kappa shape index (κ3) is 6.43. The molecule has 6 heteroatoms. The summed E-state index contributed by atoms with van der Waals surface area (Å²) in [6, 6.07) is 8.33. The van der Waals surface area contributed by atoms with Crippen molar-refractivity contribution in [3.05, 3.63) is 47.8 Å². The monoisotopic (exact) mass is 357 g/mol. The number of rotatable bonds is 8. The Labute approximate surface area is 156 Å². The smallest absolute Gasteiger partial charge is 0.193 e. The van der Waals surface area contributed by atoms with Crippen LogP contribution in [-0.2, 0) is 20.0 Å². The summed E-state index contributed by atoms with van der Waals surface area (Å²) in [4.78, 5) is 6.46. The Morgan fingerprint density at radius 2 is 2.00 bits per heavy atom. The molecule has 0 saturated carbocycles. The number of nitrogens with one attached hydrogen (secondary N) is 1. The molecule has 0 atom stereocenters. The van der Waals surface area contributed by atoms with E-state index in [1.54, 1.807) is 0 Å². The molecular weight excluding hydrogens is 326 g/mol. The molecule has 2 aromatic rings. The maximum absolute atomic E-state index is 5.72. The number of aromatic nitrogens is 2. The first-order valence-corrected chi connectivity index (χ1v) is 9.09. The van der Waals surface area contributed by atoms with Gasteiger partial charge in [-0.3, -0.25) is 9.67 Å². The zero-order chi connectivity index (χ0) is 18.9. The highest BCUT2D eigenvalue weighted by Gasteiger charge is 2.07. The van der Waals surface area contributed by atoms with Crippen LogP contribution >= 0.6 is 0 Å². The van der Waals surface area contributed by atoms with Crippen LogP contribution < -0.4 is 10.1 Å². The SMILES string of the molecule is CN=C(NCCc1ccc(OCC(C)C)cc1)N(C)Cc1cnn(C)c1. The van der Waals surface area contributed by atoms with E-state index in [4.69, 9.17) is 4.74 Å². The summed E-state index contributed by atoms with van der Waals surface area (Å²) < 4.78 is 7.54. The fourth-order valence-electron chi connectivity index (χ4n) is 2.62. The zero-order valence-electron chi connectivity index (χ0n) is 16.6. The van der Waals surface area contributed by atoms with E-state index in [1.807, 2.05) is 50.4 Å². The molecule has 6 nitrogen and oxygen atoms in total. The van der Waals surface area contributed by atoms with Crippen LogP contribution in [0.4, 0.5) is 0 Å². The van der Waals surface area contributed by atoms with E-state index in [-0.39, 0.29) is 0 Å². The standard InChI is InChI=1S/C20H31N5O/c1-16(2)15-26-19-8-6-17(7-9-19)10-11-22-20(21-3)24(4)13-18-12-23-25(5)14-18/h6-9,12,14,16H,10-11,13,15H2,1-5H3,(H,21,22). The maximum atomic E-state index is 5.72. The first-order valence-electron chi connectivity index (χ1n) is 9.09. The van der Waals surface area contributed by atoms with Gasteiger partial charge in [0.2, 0.25) is 0 Å². The van der Waals surface area contributed by atoms with Crippen molar-refractivity contribution in [2.24, 2.45) is 18.0 Å². The molecule has 1 aromatic carbocycles. The van der Waals surface area contributed by atoms with Gasteiger partial charge in [0.25, 0.3) is 0 Å². The number of hydrogen-bond acceptors (Lipinski definition) is 3. The van der Waals surface area contributed by atoms with Crippen LogP contribution in [-0.4, -0.2) is 47.9 Å². The van der Waals surface area contributed by atoms with E-state index < -0.39 is 0 Å². The van der Waals surface area contributed by atoms with Gasteiger partial charge < -0.3 is 15.0 Å². The minimum Gasteiger partial charge on any atom is -0.493 e. The second kappa shape index (κ2) is 9.85. The number of guanidine groups is 1. The Morgan fingerprint density at radius 1 is 1.27 bits per heavy atom. The highest BCUT2D eigenvalue weighted by Crippen LogP contribution is 2.13. The van der Waals surface area contributed by atoms with Gasteiger partial charge >= 0.3 is 0 Å². The van der Waals surface area contributed by atoms with E-state index in [0.29, 0.717) is 5.92 Å². The number of hydrogen-bond donors (Lipinski definition) is 1. The summed E-state index contributed by atoms with van der Waals surface area (Å²) in [5.41, 5.74) is 2.44. The van der Waals surface area contributed by atoms with E-state index in [1.165, 1.54) is 5.56 Å². The molecule has 0 saturated heterocycles. The maximum Gasteiger partial charge on any atom is 0.193 e. The fourth-order valence-corrected chi connectivity index (χ4v) is 2.62. The van der Waals surface area contributed by atoms with Gasteiger partial charge in [-0.1, -0.05) is 26.0 Å². The van der Waals surface area contributed by atoms with Gasteiger partial charge in [0, 0.05) is 46.0 Å². The number of aryl methyl sites for hydroxylation is 1. The summed E-state index contributed by atoms with van der Waals surface area (Å²) in [6.07, 6.45) is 4.84. The Morgan fingerprint density at radius 3 is 2.58 bits per heavy atom. The lowest BCUT2D eigenvalue weighted by Crippen LogP contribution is -2.39. The summed E-state index contributed by atoms with van der Waals surface area (Å²) in [5, 5.41) is 7.62. The van der Waals surface area contributed by atoms with E-state index in [2.05, 4.69) is 46.3 Å². The molecule has 0 aliphatic carbocycles. The van der Waals surface area contributed by atoms with Gasteiger partial charge in [-0.15, -0.1) is 0 Å². The van der Waals surface area contributed by atoms with Crippen molar-refractivity contribution in [1.82, 2.24) is 20.0 Å². The largest absolute Gasteiger partial charge is 0.493 e. The van der Waals surface area contributed by atoms with Gasteiger partial charge in [-0.2, -0.15) is 5.10 Å². The fraction of sp³-hybridized carbons (Fsp3) is 0.500. The predicted octanol–water partition coefficient (Wildman–Crippen LogP) is 2.70. The molecule has 0 fully saturated rings. The molecule has 1 aromatic heterocycles. The first kappa shape index (κ1) is 19.8. The summed E-state index contributed by atoms with van der Waals surface area (Å²) in [6.45, 7) is 6.66. The summed E-state index contributed by atoms with van der Waals surface area (Å²) >= 11 is 0. The van der Waals surface area contributed by atoms with Crippen LogP contribution in [0.15, 0.2) is 41.7 Å². The highest BCUT2D eigenvalue weighted by atomic mass is 16.5. The summed E-state index contributed by atoms with van der Waals surface area (Å²) in [7, 11) is 5.77. The molecule has 142 valence electrons. The molecule has 0 aliphatic heterocycles. The summed E-state index contributed by atoms with van der Waals surface area (Å²) in [5.74, 6) is 2.35. The molecule has 26 heavy (non-hydrogen) atoms. The molecule has 0 bridgehead atoms. The minimum atomic E-state index is 0.536. The van der Waals surface area contributed by atoms with Crippen molar-refractivity contribution in [2.75, 3.05) is 27.2 Å². The third-order valence-electron chi connectivity index (χ3n) is 3.95. The van der Waals surface area contributed by atoms with Crippen LogP contribution in [0.5, 0.6) is 5.75 Å². The number of benzene rings is 1. The molecular formula is C20H31N5O. The second-order valence-corrected chi connectivity index (χ2v) is 6.95. The Balaban J connectivity index is 1.77. The molecule has 1 heterocycles. The van der Waals surface area contributed by atoms with Gasteiger partial charge in [0.15, 0.2) is 5.96 Å².